The summed E-state index contributed by atoms with van der Waals surface area (Å²) in [6, 6.07) is 2.39. The number of pyridine rings is 1. The quantitative estimate of drug-likeness (QED) is 0.546. The Balaban J connectivity index is 1.46. The molecule has 0 saturated carbocycles. The van der Waals surface area contributed by atoms with Crippen molar-refractivity contribution in [3.05, 3.63) is 40.3 Å². The number of aromatic nitrogens is 3. The van der Waals surface area contributed by atoms with Gasteiger partial charge in [0.1, 0.15) is 17.7 Å². The molecule has 5 heterocycles. The number of carbonyl (C=O) groups excluding carboxylic acids is 1. The van der Waals surface area contributed by atoms with Crippen LogP contribution in [0.3, 0.4) is 0 Å². The number of nitrogens with one attached hydrogen (secondary N) is 1. The molecule has 3 aliphatic rings. The summed E-state index contributed by atoms with van der Waals surface area (Å²) >= 11 is 0. The summed E-state index contributed by atoms with van der Waals surface area (Å²) in [4.78, 5) is 37.2. The van der Waals surface area contributed by atoms with Crippen molar-refractivity contribution in [2.45, 2.75) is 43.8 Å². The van der Waals surface area contributed by atoms with E-state index in [0.717, 1.165) is 11.3 Å². The van der Waals surface area contributed by atoms with Crippen molar-refractivity contribution in [1.82, 2.24) is 14.5 Å². The maximum absolute atomic E-state index is 14.0. The number of halogens is 3. The van der Waals surface area contributed by atoms with Crippen LogP contribution < -0.4 is 20.7 Å². The minimum atomic E-state index is -4.61. The summed E-state index contributed by atoms with van der Waals surface area (Å²) in [5.74, 6) is -0.0124. The van der Waals surface area contributed by atoms with Crippen LogP contribution in [0.15, 0.2) is 29.2 Å². The Morgan fingerprint density at radius 3 is 2.77 bits per heavy atom. The third-order valence-corrected chi connectivity index (χ3v) is 6.62. The number of Topliss-reactive ketones (excluding diaryl/α,β-unsaturated/α-hetero) is 1. The lowest BCUT2D eigenvalue weighted by molar-refractivity contribution is -0.152. The largest absolute Gasteiger partial charge is 0.408 e. The second-order valence-electron chi connectivity index (χ2n) is 8.88. The van der Waals surface area contributed by atoms with Gasteiger partial charge in [0.2, 0.25) is 5.95 Å². The van der Waals surface area contributed by atoms with E-state index in [4.69, 9.17) is 9.84 Å². The van der Waals surface area contributed by atoms with Gasteiger partial charge in [0.15, 0.2) is 5.78 Å². The van der Waals surface area contributed by atoms with Crippen LogP contribution in [0.5, 0.6) is 0 Å². The highest BCUT2D eigenvalue weighted by Crippen LogP contribution is 2.36. The molecule has 0 aliphatic carbocycles. The van der Waals surface area contributed by atoms with E-state index >= 15 is 0 Å². The Kier molecular flexibility index (Phi) is 6.13. The summed E-state index contributed by atoms with van der Waals surface area (Å²) < 4.78 is 48.8. The van der Waals surface area contributed by atoms with Crippen molar-refractivity contribution in [3.8, 4) is 0 Å². The van der Waals surface area contributed by atoms with Crippen LogP contribution in [0, 0.1) is 0 Å². The molecule has 2 fully saturated rings. The SMILES string of the molecule is O=C(CN1c2nc(N3CC4CC3CO4)cc(=O)n2CCC1C(F)(F)F)c1ccc(NCCO)nc1. The van der Waals surface area contributed by atoms with Crippen molar-refractivity contribution in [1.29, 1.82) is 0 Å². The van der Waals surface area contributed by atoms with Gasteiger partial charge in [-0.3, -0.25) is 14.2 Å². The molecule has 13 heteroatoms. The van der Waals surface area contributed by atoms with E-state index in [1.54, 1.807) is 0 Å². The smallest absolute Gasteiger partial charge is 0.395 e. The minimum absolute atomic E-state index is 0.0172. The second kappa shape index (κ2) is 9.11. The van der Waals surface area contributed by atoms with Crippen LogP contribution in [-0.4, -0.2) is 82.6 Å². The molecule has 2 saturated heterocycles. The van der Waals surface area contributed by atoms with Gasteiger partial charge in [0.05, 0.1) is 31.9 Å². The molecular weight excluding hydrogens is 469 g/mol. The summed E-state index contributed by atoms with van der Waals surface area (Å²) in [5.41, 5.74) is -0.321. The van der Waals surface area contributed by atoms with Gasteiger partial charge in [0, 0.05) is 37.5 Å². The van der Waals surface area contributed by atoms with Crippen LogP contribution in [-0.2, 0) is 11.3 Å². The highest BCUT2D eigenvalue weighted by atomic mass is 19.4. The van der Waals surface area contributed by atoms with E-state index in [1.807, 2.05) is 4.90 Å². The fraction of sp³-hybridized carbons (Fsp3) is 0.545. The maximum atomic E-state index is 14.0. The van der Waals surface area contributed by atoms with Crippen LogP contribution in [0.1, 0.15) is 23.2 Å². The molecule has 2 aromatic heterocycles. The second-order valence-corrected chi connectivity index (χ2v) is 8.88. The molecule has 5 rings (SSSR count). The number of ketones is 1. The first-order valence-corrected chi connectivity index (χ1v) is 11.4. The van der Waals surface area contributed by atoms with Gasteiger partial charge in [-0.15, -0.1) is 0 Å². The molecule has 3 atom stereocenters. The standard InChI is InChI=1S/C22H25F3N6O4/c23-22(24,25)17-3-5-29-20(34)8-19(30-10-15-7-14(30)12-35-15)28-21(29)31(17)11-16(33)13-1-2-18(27-9-13)26-4-6-32/h1-2,8-9,14-15,17,32H,3-7,10-12H2,(H,26,27). The van der Waals surface area contributed by atoms with E-state index < -0.39 is 30.1 Å². The van der Waals surface area contributed by atoms with Crippen molar-refractivity contribution in [3.63, 3.8) is 0 Å². The molecule has 0 amide bonds. The molecule has 2 aromatic rings. The average Bonchev–Trinajstić information content (AvgIpc) is 3.46. The zero-order chi connectivity index (χ0) is 24.7. The number of nitrogens with zero attached hydrogens (tertiary/aromatic N) is 5. The zero-order valence-electron chi connectivity index (χ0n) is 18.7. The predicted octanol–water partition coefficient (Wildman–Crippen LogP) is 1.04. The van der Waals surface area contributed by atoms with E-state index in [0.29, 0.717) is 24.8 Å². The Bertz CT molecular complexity index is 1160. The molecule has 3 aliphatic heterocycles. The minimum Gasteiger partial charge on any atom is -0.395 e. The van der Waals surface area contributed by atoms with E-state index in [2.05, 4.69) is 15.3 Å². The summed E-state index contributed by atoms with van der Waals surface area (Å²) in [7, 11) is 0. The summed E-state index contributed by atoms with van der Waals surface area (Å²) in [6.45, 7) is 0.415. The number of rotatable bonds is 7. The van der Waals surface area contributed by atoms with Crippen molar-refractivity contribution >= 4 is 23.4 Å². The molecule has 3 unspecified atom stereocenters. The third kappa shape index (κ3) is 4.57. The lowest BCUT2D eigenvalue weighted by atomic mass is 10.1. The lowest BCUT2D eigenvalue weighted by Crippen LogP contribution is -2.54. The monoisotopic (exact) mass is 494 g/mol. The number of carbonyl (C=O) groups is 1. The number of hydrogen-bond donors (Lipinski definition) is 2. The Morgan fingerprint density at radius 2 is 2.14 bits per heavy atom. The van der Waals surface area contributed by atoms with Crippen molar-refractivity contribution in [2.75, 3.05) is 48.0 Å². The third-order valence-electron chi connectivity index (χ3n) is 6.62. The van der Waals surface area contributed by atoms with Gasteiger partial charge in [-0.1, -0.05) is 0 Å². The molecular formula is C22H25F3N6O4. The number of aliphatic hydroxyl groups excluding tert-OH is 1. The number of anilines is 3. The van der Waals surface area contributed by atoms with Gasteiger partial charge < -0.3 is 25.0 Å². The highest BCUT2D eigenvalue weighted by molar-refractivity contribution is 5.99. The van der Waals surface area contributed by atoms with E-state index in [9.17, 15) is 22.8 Å². The topological polar surface area (TPSA) is 113 Å². The molecule has 2 bridgehead atoms. The fourth-order valence-electron chi connectivity index (χ4n) is 4.90. The van der Waals surface area contributed by atoms with Gasteiger partial charge in [0.25, 0.3) is 5.56 Å². The molecule has 0 aromatic carbocycles. The van der Waals surface area contributed by atoms with Crippen LogP contribution in [0.4, 0.5) is 30.8 Å². The van der Waals surface area contributed by atoms with E-state index in [-0.39, 0.29) is 49.8 Å². The molecule has 188 valence electrons. The van der Waals surface area contributed by atoms with Gasteiger partial charge in [-0.2, -0.15) is 18.2 Å². The van der Waals surface area contributed by atoms with Gasteiger partial charge >= 0.3 is 6.18 Å². The van der Waals surface area contributed by atoms with Crippen LogP contribution in [0.25, 0.3) is 0 Å². The number of aliphatic hydroxyl groups is 1. The maximum Gasteiger partial charge on any atom is 0.408 e. The highest BCUT2D eigenvalue weighted by Gasteiger charge is 2.48. The number of fused-ring (bicyclic) bond motifs is 3. The Hall–Kier alpha value is -3.19. The van der Waals surface area contributed by atoms with Crippen molar-refractivity contribution in [2.24, 2.45) is 0 Å². The summed E-state index contributed by atoms with van der Waals surface area (Å²) in [5, 5.41) is 11.7. The molecule has 10 nitrogen and oxygen atoms in total. The summed E-state index contributed by atoms with van der Waals surface area (Å²) in [6.07, 6.45) is -2.91. The normalized spacial score (nSPS) is 23.5. The van der Waals surface area contributed by atoms with Gasteiger partial charge in [-0.05, 0) is 25.0 Å². The first kappa shape index (κ1) is 23.5. The molecule has 0 radical (unpaired) electrons. The fourth-order valence-corrected chi connectivity index (χ4v) is 4.90. The van der Waals surface area contributed by atoms with Crippen LogP contribution >= 0.6 is 0 Å². The molecule has 0 spiro atoms. The van der Waals surface area contributed by atoms with E-state index in [1.165, 1.54) is 29.0 Å². The number of alkyl halides is 3. The first-order valence-electron chi connectivity index (χ1n) is 11.4. The number of morpholine rings is 1. The number of hydrogen-bond acceptors (Lipinski definition) is 9. The van der Waals surface area contributed by atoms with Crippen molar-refractivity contribution < 1.29 is 27.8 Å². The molecule has 2 N–H and O–H groups in total. The van der Waals surface area contributed by atoms with Crippen LogP contribution in [0.2, 0.25) is 0 Å². The Labute approximate surface area is 198 Å². The first-order chi connectivity index (χ1) is 16.7. The lowest BCUT2D eigenvalue weighted by Gasteiger charge is -2.39. The molecule has 35 heavy (non-hydrogen) atoms. The predicted molar refractivity (Wildman–Crippen MR) is 120 cm³/mol. The Morgan fingerprint density at radius 1 is 1.31 bits per heavy atom. The average molecular weight is 494 g/mol. The number of ether oxygens (including phenoxy) is 1. The zero-order valence-corrected chi connectivity index (χ0v) is 18.7. The van der Waals surface area contributed by atoms with Gasteiger partial charge in [-0.25, -0.2) is 4.98 Å².